The Bertz CT molecular complexity index is 476. The second-order valence-corrected chi connectivity index (χ2v) is 4.29. The zero-order valence-corrected chi connectivity index (χ0v) is 10.6. The van der Waals surface area contributed by atoms with E-state index in [0.29, 0.717) is 0 Å². The van der Waals surface area contributed by atoms with Crippen molar-refractivity contribution in [1.82, 2.24) is 9.55 Å². The number of aryl methyl sites for hydroxylation is 1. The van der Waals surface area contributed by atoms with E-state index in [1.807, 2.05) is 36.8 Å². The smallest absolute Gasteiger partial charge is 0.0948 e. The molecule has 2 aromatic rings. The van der Waals surface area contributed by atoms with Gasteiger partial charge in [-0.2, -0.15) is 0 Å². The summed E-state index contributed by atoms with van der Waals surface area (Å²) in [6.45, 7) is 4.01. The molecule has 0 saturated carbocycles. The number of imidazole rings is 1. The van der Waals surface area contributed by atoms with Crippen LogP contribution in [0, 0.1) is 0 Å². The van der Waals surface area contributed by atoms with Gasteiger partial charge in [0.15, 0.2) is 0 Å². The minimum atomic E-state index is 0.0869. The van der Waals surface area contributed by atoms with E-state index in [9.17, 15) is 0 Å². The molecule has 0 atom stereocenters. The van der Waals surface area contributed by atoms with Crippen molar-refractivity contribution in [3.8, 4) is 0 Å². The highest BCUT2D eigenvalue weighted by atomic mass is 16.3. The summed E-state index contributed by atoms with van der Waals surface area (Å²) in [7, 11) is 0. The maximum absolute atomic E-state index is 8.97. The minimum Gasteiger partial charge on any atom is -0.392 e. The van der Waals surface area contributed by atoms with Crippen LogP contribution in [0.1, 0.15) is 24.6 Å². The number of rotatable bonds is 6. The standard InChI is InChI=1S/C14H19N3O/c1-2-7-17-11-15-8-14(17)9-16-13-5-3-12(10-18)4-6-13/h3-6,8,11,16,18H,2,7,9-10H2,1H3. The van der Waals surface area contributed by atoms with E-state index in [1.54, 1.807) is 0 Å². The Morgan fingerprint density at radius 2 is 2.06 bits per heavy atom. The molecule has 1 aromatic carbocycles. The summed E-state index contributed by atoms with van der Waals surface area (Å²) in [5.74, 6) is 0. The van der Waals surface area contributed by atoms with Gasteiger partial charge in [-0.25, -0.2) is 4.98 Å². The molecule has 18 heavy (non-hydrogen) atoms. The molecule has 0 bridgehead atoms. The first-order chi connectivity index (χ1) is 8.83. The van der Waals surface area contributed by atoms with Crippen LogP contribution in [-0.2, 0) is 19.7 Å². The molecule has 4 nitrogen and oxygen atoms in total. The molecule has 0 fully saturated rings. The lowest BCUT2D eigenvalue weighted by Crippen LogP contribution is -2.06. The molecule has 2 N–H and O–H groups in total. The summed E-state index contributed by atoms with van der Waals surface area (Å²) in [5, 5.41) is 12.3. The fourth-order valence-electron chi connectivity index (χ4n) is 1.86. The number of aliphatic hydroxyl groups excluding tert-OH is 1. The van der Waals surface area contributed by atoms with Crippen LogP contribution >= 0.6 is 0 Å². The first kappa shape index (κ1) is 12.6. The van der Waals surface area contributed by atoms with Gasteiger partial charge in [0, 0.05) is 18.4 Å². The summed E-state index contributed by atoms with van der Waals surface area (Å²) >= 11 is 0. The van der Waals surface area contributed by atoms with Gasteiger partial charge in [-0.05, 0) is 24.1 Å². The first-order valence-corrected chi connectivity index (χ1v) is 6.26. The van der Waals surface area contributed by atoms with Gasteiger partial charge in [0.2, 0.25) is 0 Å². The normalized spacial score (nSPS) is 10.6. The lowest BCUT2D eigenvalue weighted by atomic mass is 10.2. The Hall–Kier alpha value is -1.81. The summed E-state index contributed by atoms with van der Waals surface area (Å²) < 4.78 is 2.16. The second kappa shape index (κ2) is 6.21. The van der Waals surface area contributed by atoms with Crippen molar-refractivity contribution in [2.24, 2.45) is 0 Å². The van der Waals surface area contributed by atoms with Crippen molar-refractivity contribution in [2.75, 3.05) is 5.32 Å². The van der Waals surface area contributed by atoms with Gasteiger partial charge in [-0.1, -0.05) is 19.1 Å². The van der Waals surface area contributed by atoms with Crippen molar-refractivity contribution < 1.29 is 5.11 Å². The van der Waals surface area contributed by atoms with Gasteiger partial charge in [-0.3, -0.25) is 0 Å². The monoisotopic (exact) mass is 245 g/mol. The molecular weight excluding hydrogens is 226 g/mol. The number of aromatic nitrogens is 2. The predicted molar refractivity (Wildman–Crippen MR) is 72.2 cm³/mol. The summed E-state index contributed by atoms with van der Waals surface area (Å²) in [6.07, 6.45) is 4.87. The van der Waals surface area contributed by atoms with E-state index in [0.717, 1.165) is 30.8 Å². The Morgan fingerprint density at radius 1 is 1.28 bits per heavy atom. The number of nitrogens with zero attached hydrogens (tertiary/aromatic N) is 2. The van der Waals surface area contributed by atoms with Gasteiger partial charge in [0.1, 0.15) is 0 Å². The Kier molecular flexibility index (Phi) is 4.36. The maximum atomic E-state index is 8.97. The van der Waals surface area contributed by atoms with Crippen LogP contribution < -0.4 is 5.32 Å². The molecule has 0 unspecified atom stereocenters. The molecular formula is C14H19N3O. The summed E-state index contributed by atoms with van der Waals surface area (Å²) in [4.78, 5) is 4.17. The zero-order chi connectivity index (χ0) is 12.8. The molecule has 96 valence electrons. The van der Waals surface area contributed by atoms with Crippen molar-refractivity contribution >= 4 is 5.69 Å². The molecule has 0 aliphatic heterocycles. The SMILES string of the molecule is CCCn1cncc1CNc1ccc(CO)cc1. The highest BCUT2D eigenvalue weighted by molar-refractivity contribution is 5.44. The number of hydrogen-bond acceptors (Lipinski definition) is 3. The van der Waals surface area contributed by atoms with Gasteiger partial charge >= 0.3 is 0 Å². The molecule has 2 rings (SSSR count). The number of hydrogen-bond donors (Lipinski definition) is 2. The zero-order valence-electron chi connectivity index (χ0n) is 10.6. The van der Waals surface area contributed by atoms with E-state index in [4.69, 9.17) is 5.11 Å². The first-order valence-electron chi connectivity index (χ1n) is 6.26. The van der Waals surface area contributed by atoms with E-state index >= 15 is 0 Å². The van der Waals surface area contributed by atoms with Crippen LogP contribution in [0.25, 0.3) is 0 Å². The van der Waals surface area contributed by atoms with Crippen LogP contribution in [0.4, 0.5) is 5.69 Å². The van der Waals surface area contributed by atoms with Crippen LogP contribution in [0.3, 0.4) is 0 Å². The van der Waals surface area contributed by atoms with E-state index < -0.39 is 0 Å². The average molecular weight is 245 g/mol. The van der Waals surface area contributed by atoms with Gasteiger partial charge in [0.05, 0.1) is 25.2 Å². The van der Waals surface area contributed by atoms with Gasteiger partial charge < -0.3 is 15.0 Å². The molecule has 0 amide bonds. The molecule has 0 spiro atoms. The topological polar surface area (TPSA) is 50.1 Å². The summed E-state index contributed by atoms with van der Waals surface area (Å²) in [5.41, 5.74) is 3.16. The van der Waals surface area contributed by atoms with Crippen LogP contribution in [0.15, 0.2) is 36.8 Å². The molecule has 1 aromatic heterocycles. The van der Waals surface area contributed by atoms with Crippen molar-refractivity contribution in [1.29, 1.82) is 0 Å². The minimum absolute atomic E-state index is 0.0869. The number of anilines is 1. The van der Waals surface area contributed by atoms with Crippen molar-refractivity contribution in [3.05, 3.63) is 48.0 Å². The third-order valence-electron chi connectivity index (χ3n) is 2.87. The van der Waals surface area contributed by atoms with Crippen LogP contribution in [-0.4, -0.2) is 14.7 Å². The van der Waals surface area contributed by atoms with Crippen LogP contribution in [0.2, 0.25) is 0 Å². The average Bonchev–Trinajstić information content (AvgIpc) is 2.85. The Morgan fingerprint density at radius 3 is 2.72 bits per heavy atom. The largest absolute Gasteiger partial charge is 0.392 e. The third kappa shape index (κ3) is 3.11. The number of benzene rings is 1. The second-order valence-electron chi connectivity index (χ2n) is 4.29. The van der Waals surface area contributed by atoms with Gasteiger partial charge in [0.25, 0.3) is 0 Å². The highest BCUT2D eigenvalue weighted by Gasteiger charge is 2.01. The lowest BCUT2D eigenvalue weighted by Gasteiger charge is -2.09. The molecule has 0 saturated heterocycles. The molecule has 1 heterocycles. The molecule has 4 heteroatoms. The van der Waals surface area contributed by atoms with Crippen molar-refractivity contribution in [2.45, 2.75) is 33.0 Å². The van der Waals surface area contributed by atoms with E-state index in [-0.39, 0.29) is 6.61 Å². The highest BCUT2D eigenvalue weighted by Crippen LogP contribution is 2.11. The molecule has 0 aliphatic rings. The maximum Gasteiger partial charge on any atom is 0.0948 e. The van der Waals surface area contributed by atoms with Crippen LogP contribution in [0.5, 0.6) is 0 Å². The molecule has 0 radical (unpaired) electrons. The number of aliphatic hydroxyl groups is 1. The third-order valence-corrected chi connectivity index (χ3v) is 2.87. The van der Waals surface area contributed by atoms with E-state index in [2.05, 4.69) is 21.8 Å². The van der Waals surface area contributed by atoms with Crippen molar-refractivity contribution in [3.63, 3.8) is 0 Å². The Labute approximate surface area is 107 Å². The quantitative estimate of drug-likeness (QED) is 0.821. The summed E-state index contributed by atoms with van der Waals surface area (Å²) in [6, 6.07) is 7.80. The van der Waals surface area contributed by atoms with Gasteiger partial charge in [-0.15, -0.1) is 0 Å². The predicted octanol–water partition coefficient (Wildman–Crippen LogP) is 2.40. The fraction of sp³-hybridized carbons (Fsp3) is 0.357. The fourth-order valence-corrected chi connectivity index (χ4v) is 1.86. The van der Waals surface area contributed by atoms with E-state index in [1.165, 1.54) is 5.69 Å². The lowest BCUT2D eigenvalue weighted by molar-refractivity contribution is 0.282. The molecule has 0 aliphatic carbocycles. The number of nitrogens with one attached hydrogen (secondary N) is 1. The Balaban J connectivity index is 1.95.